The first-order valence-corrected chi connectivity index (χ1v) is 9.16. The highest BCUT2D eigenvalue weighted by Crippen LogP contribution is 2.42. The molecule has 8 heteroatoms. The quantitative estimate of drug-likeness (QED) is 0.797. The largest absolute Gasteiger partial charge is 0.416 e. The topological polar surface area (TPSA) is 59.8 Å². The van der Waals surface area contributed by atoms with Gasteiger partial charge in [0.2, 0.25) is 5.91 Å². The van der Waals surface area contributed by atoms with Crippen LogP contribution in [0.2, 0.25) is 0 Å². The van der Waals surface area contributed by atoms with Crippen molar-refractivity contribution in [3.63, 3.8) is 0 Å². The number of aromatic nitrogens is 3. The van der Waals surface area contributed by atoms with E-state index in [4.69, 9.17) is 0 Å². The Morgan fingerprint density at radius 2 is 2.04 bits per heavy atom. The average molecular weight is 380 g/mol. The van der Waals surface area contributed by atoms with Gasteiger partial charge in [-0.25, -0.2) is 4.98 Å². The number of hydrogen-bond acceptors (Lipinski definition) is 3. The molecule has 1 N–H and O–H groups in total. The normalized spacial score (nSPS) is 16.4. The molecule has 0 atom stereocenters. The van der Waals surface area contributed by atoms with Gasteiger partial charge in [0, 0.05) is 24.9 Å². The van der Waals surface area contributed by atoms with Gasteiger partial charge in [0.05, 0.1) is 5.56 Å². The van der Waals surface area contributed by atoms with Crippen LogP contribution in [0.5, 0.6) is 0 Å². The van der Waals surface area contributed by atoms with Crippen molar-refractivity contribution in [1.29, 1.82) is 0 Å². The van der Waals surface area contributed by atoms with E-state index in [1.165, 1.54) is 18.5 Å². The van der Waals surface area contributed by atoms with Crippen molar-refractivity contribution >= 4 is 5.91 Å². The number of nitrogens with one attached hydrogen (secondary N) is 1. The number of hydrogen-bond donors (Lipinski definition) is 1. The lowest BCUT2D eigenvalue weighted by Crippen LogP contribution is -2.39. The summed E-state index contributed by atoms with van der Waals surface area (Å²) in [5.74, 6) is -0.0895. The van der Waals surface area contributed by atoms with Gasteiger partial charge in [-0.2, -0.15) is 18.3 Å². The van der Waals surface area contributed by atoms with E-state index < -0.39 is 17.2 Å². The monoisotopic (exact) mass is 380 g/mol. The van der Waals surface area contributed by atoms with Crippen molar-refractivity contribution in [2.24, 2.45) is 0 Å². The highest BCUT2D eigenvalue weighted by atomic mass is 19.4. The minimum absolute atomic E-state index is 0.0895. The summed E-state index contributed by atoms with van der Waals surface area (Å²) in [6.07, 6.45) is 3.14. The first kappa shape index (κ1) is 19.4. The number of amides is 1. The van der Waals surface area contributed by atoms with E-state index in [9.17, 15) is 18.0 Å². The standard InChI is InChI=1S/C19H23F3N4O/c20-19(21,22)16-6-3-5-15(11-16)18(8-1-2-9-18)12-24-17(27)7-4-10-26-14-23-13-25-26/h3,5-6,11,13-14H,1-2,4,7-10,12H2,(H,24,27). The molecule has 1 aliphatic rings. The van der Waals surface area contributed by atoms with Crippen LogP contribution in [0.4, 0.5) is 13.2 Å². The van der Waals surface area contributed by atoms with Gasteiger partial charge in [-0.15, -0.1) is 0 Å². The summed E-state index contributed by atoms with van der Waals surface area (Å²) in [5, 5.41) is 6.92. The van der Waals surface area contributed by atoms with E-state index in [0.717, 1.165) is 31.7 Å². The molecule has 1 aromatic heterocycles. The Hall–Kier alpha value is -2.38. The number of rotatable bonds is 7. The molecular formula is C19H23F3N4O. The summed E-state index contributed by atoms with van der Waals surface area (Å²) in [4.78, 5) is 16.0. The molecule has 3 rings (SSSR count). The van der Waals surface area contributed by atoms with Gasteiger partial charge in [0.1, 0.15) is 12.7 Å². The Bertz CT molecular complexity index is 753. The van der Waals surface area contributed by atoms with Crippen LogP contribution in [0, 0.1) is 0 Å². The third kappa shape index (κ3) is 4.87. The molecule has 1 saturated carbocycles. The summed E-state index contributed by atoms with van der Waals surface area (Å²) in [6.45, 7) is 0.975. The van der Waals surface area contributed by atoms with E-state index in [2.05, 4.69) is 15.4 Å². The van der Waals surface area contributed by atoms with E-state index >= 15 is 0 Å². The number of carbonyl (C=O) groups is 1. The molecule has 1 heterocycles. The first-order chi connectivity index (χ1) is 12.9. The average Bonchev–Trinajstić information content (AvgIpc) is 3.32. The first-order valence-electron chi connectivity index (χ1n) is 9.16. The summed E-state index contributed by atoms with van der Waals surface area (Å²) >= 11 is 0. The number of halogens is 3. The third-order valence-corrected chi connectivity index (χ3v) is 5.24. The van der Waals surface area contributed by atoms with Gasteiger partial charge < -0.3 is 5.32 Å². The lowest BCUT2D eigenvalue weighted by Gasteiger charge is -2.30. The second kappa shape index (κ2) is 8.10. The Morgan fingerprint density at radius 3 is 2.70 bits per heavy atom. The molecule has 1 amide bonds. The van der Waals surface area contributed by atoms with Gasteiger partial charge >= 0.3 is 6.18 Å². The van der Waals surface area contributed by atoms with Gasteiger partial charge in [-0.05, 0) is 30.9 Å². The smallest absolute Gasteiger partial charge is 0.355 e. The molecule has 1 aliphatic carbocycles. The van der Waals surface area contributed by atoms with Crippen molar-refractivity contribution in [3.05, 3.63) is 48.0 Å². The van der Waals surface area contributed by atoms with Gasteiger partial charge in [-0.3, -0.25) is 9.48 Å². The van der Waals surface area contributed by atoms with E-state index in [1.807, 2.05) is 0 Å². The van der Waals surface area contributed by atoms with Crippen LogP contribution in [0.25, 0.3) is 0 Å². The maximum absolute atomic E-state index is 13.1. The summed E-state index contributed by atoms with van der Waals surface area (Å²) < 4.78 is 40.9. The fraction of sp³-hybridized carbons (Fsp3) is 0.526. The highest BCUT2D eigenvalue weighted by molar-refractivity contribution is 5.76. The van der Waals surface area contributed by atoms with Crippen LogP contribution in [-0.4, -0.2) is 27.2 Å². The predicted octanol–water partition coefficient (Wildman–Crippen LogP) is 3.71. The Morgan fingerprint density at radius 1 is 1.26 bits per heavy atom. The minimum Gasteiger partial charge on any atom is -0.355 e. The summed E-state index contributed by atoms with van der Waals surface area (Å²) in [6, 6.07) is 5.53. The Kier molecular flexibility index (Phi) is 5.82. The van der Waals surface area contributed by atoms with Crippen molar-refractivity contribution < 1.29 is 18.0 Å². The second-order valence-electron chi connectivity index (χ2n) is 7.10. The molecule has 1 aromatic carbocycles. The summed E-state index contributed by atoms with van der Waals surface area (Å²) in [5.41, 5.74) is -0.383. The zero-order valence-corrected chi connectivity index (χ0v) is 15.0. The van der Waals surface area contributed by atoms with E-state index in [-0.39, 0.29) is 5.91 Å². The predicted molar refractivity (Wildman–Crippen MR) is 93.9 cm³/mol. The van der Waals surface area contributed by atoms with Crippen molar-refractivity contribution in [1.82, 2.24) is 20.1 Å². The van der Waals surface area contributed by atoms with Gasteiger partial charge in [0.25, 0.3) is 0 Å². The molecular weight excluding hydrogens is 357 g/mol. The number of aryl methyl sites for hydroxylation is 1. The molecule has 0 unspecified atom stereocenters. The zero-order chi connectivity index (χ0) is 19.3. The maximum atomic E-state index is 13.1. The van der Waals surface area contributed by atoms with Crippen molar-refractivity contribution in [2.45, 2.75) is 56.7 Å². The fourth-order valence-electron chi connectivity index (χ4n) is 3.75. The zero-order valence-electron chi connectivity index (χ0n) is 15.0. The third-order valence-electron chi connectivity index (χ3n) is 5.24. The molecule has 0 saturated heterocycles. The molecule has 146 valence electrons. The minimum atomic E-state index is -4.36. The van der Waals surface area contributed by atoms with E-state index in [1.54, 1.807) is 17.1 Å². The van der Waals surface area contributed by atoms with Crippen LogP contribution in [-0.2, 0) is 22.9 Å². The molecule has 1 fully saturated rings. The fourth-order valence-corrected chi connectivity index (χ4v) is 3.75. The highest BCUT2D eigenvalue weighted by Gasteiger charge is 2.38. The van der Waals surface area contributed by atoms with Crippen LogP contribution in [0.15, 0.2) is 36.9 Å². The SMILES string of the molecule is O=C(CCCn1cncn1)NCC1(c2cccc(C(F)(F)F)c2)CCCC1. The maximum Gasteiger partial charge on any atom is 0.416 e. The lowest BCUT2D eigenvalue weighted by atomic mass is 9.78. The number of carbonyl (C=O) groups excluding carboxylic acids is 1. The molecule has 0 spiro atoms. The Labute approximate surface area is 156 Å². The van der Waals surface area contributed by atoms with Crippen molar-refractivity contribution in [2.75, 3.05) is 6.54 Å². The molecule has 2 aromatic rings. The van der Waals surface area contributed by atoms with Gasteiger partial charge in [0.15, 0.2) is 0 Å². The van der Waals surface area contributed by atoms with Gasteiger partial charge in [-0.1, -0.05) is 31.0 Å². The number of benzene rings is 1. The summed E-state index contributed by atoms with van der Waals surface area (Å²) in [7, 11) is 0. The number of alkyl halides is 3. The molecule has 27 heavy (non-hydrogen) atoms. The van der Waals surface area contributed by atoms with Crippen molar-refractivity contribution in [3.8, 4) is 0 Å². The molecule has 0 aliphatic heterocycles. The number of nitrogens with zero attached hydrogens (tertiary/aromatic N) is 3. The lowest BCUT2D eigenvalue weighted by molar-refractivity contribution is -0.137. The van der Waals surface area contributed by atoms with Crippen LogP contribution >= 0.6 is 0 Å². The van der Waals surface area contributed by atoms with Crippen LogP contribution < -0.4 is 5.32 Å². The second-order valence-corrected chi connectivity index (χ2v) is 7.10. The molecule has 5 nitrogen and oxygen atoms in total. The van der Waals surface area contributed by atoms with Crippen LogP contribution in [0.3, 0.4) is 0 Å². The molecule has 0 radical (unpaired) electrons. The van der Waals surface area contributed by atoms with Crippen LogP contribution in [0.1, 0.15) is 49.7 Å². The molecule has 0 bridgehead atoms. The van der Waals surface area contributed by atoms with E-state index in [0.29, 0.717) is 31.5 Å². The Balaban J connectivity index is 1.61.